The van der Waals surface area contributed by atoms with Crippen molar-refractivity contribution in [2.45, 2.75) is 32.3 Å². The van der Waals surface area contributed by atoms with Crippen LogP contribution >= 0.6 is 0 Å². The third kappa shape index (κ3) is 1.21. The highest BCUT2D eigenvalue weighted by Crippen LogP contribution is 2.47. The molecule has 2 rings (SSSR count). The minimum atomic E-state index is -1.12. The Morgan fingerprint density at radius 1 is 1.57 bits per heavy atom. The number of hydrogen-bond acceptors (Lipinski definition) is 4. The number of hydrogen-bond donors (Lipinski definition) is 0. The minimum Gasteiger partial charge on any atom is -0.550 e. The molecular weight excluding hydrogens is 184 g/mol. The van der Waals surface area contributed by atoms with Crippen LogP contribution in [-0.2, 0) is 14.3 Å². The summed E-state index contributed by atoms with van der Waals surface area (Å²) in [6, 6.07) is 0. The number of ether oxygens (including phenoxy) is 1. The molecule has 0 aromatic carbocycles. The first-order chi connectivity index (χ1) is 6.43. The van der Waals surface area contributed by atoms with Crippen LogP contribution in [0, 0.1) is 17.8 Å². The Morgan fingerprint density at radius 3 is 2.79 bits per heavy atom. The molecular formula is C10H13O4-. The van der Waals surface area contributed by atoms with Crippen molar-refractivity contribution in [1.82, 2.24) is 0 Å². The summed E-state index contributed by atoms with van der Waals surface area (Å²) in [6.45, 7) is 3.71. The largest absolute Gasteiger partial charge is 0.550 e. The zero-order valence-corrected chi connectivity index (χ0v) is 8.28. The first-order valence-electron chi connectivity index (χ1n) is 4.87. The highest BCUT2D eigenvalue weighted by atomic mass is 16.6. The quantitative estimate of drug-likeness (QED) is 0.542. The van der Waals surface area contributed by atoms with Gasteiger partial charge >= 0.3 is 5.97 Å². The third-order valence-corrected chi connectivity index (χ3v) is 3.37. The Morgan fingerprint density at radius 2 is 2.21 bits per heavy atom. The third-order valence-electron chi connectivity index (χ3n) is 3.37. The van der Waals surface area contributed by atoms with Gasteiger partial charge in [-0.15, -0.1) is 0 Å². The van der Waals surface area contributed by atoms with Crippen molar-refractivity contribution in [3.63, 3.8) is 0 Å². The molecule has 0 aromatic heterocycles. The molecule has 14 heavy (non-hydrogen) atoms. The molecule has 2 bridgehead atoms. The lowest BCUT2D eigenvalue weighted by atomic mass is 9.69. The Bertz CT molecular complexity index is 298. The van der Waals surface area contributed by atoms with Gasteiger partial charge in [0.2, 0.25) is 0 Å². The molecule has 0 radical (unpaired) electrons. The SMILES string of the molecule is CC1CC2(C)CC(C(=O)O2)C1C(=O)[O-]. The van der Waals surface area contributed by atoms with E-state index in [0.717, 1.165) is 0 Å². The molecule has 2 fully saturated rings. The number of fused-ring (bicyclic) bond motifs is 2. The van der Waals surface area contributed by atoms with E-state index in [0.29, 0.717) is 12.8 Å². The fourth-order valence-electron chi connectivity index (χ4n) is 2.91. The number of carbonyl (C=O) groups is 2. The molecule has 4 nitrogen and oxygen atoms in total. The van der Waals surface area contributed by atoms with Gasteiger partial charge in [-0.1, -0.05) is 6.92 Å². The number of carboxylic acids is 1. The van der Waals surface area contributed by atoms with Gasteiger partial charge in [0.25, 0.3) is 0 Å². The second kappa shape index (κ2) is 2.72. The molecule has 0 N–H and O–H groups in total. The van der Waals surface area contributed by atoms with Crippen molar-refractivity contribution >= 4 is 11.9 Å². The van der Waals surface area contributed by atoms with Crippen LogP contribution in [0.15, 0.2) is 0 Å². The first kappa shape index (κ1) is 9.49. The monoisotopic (exact) mass is 197 g/mol. The van der Waals surface area contributed by atoms with Crippen LogP contribution in [0.5, 0.6) is 0 Å². The van der Waals surface area contributed by atoms with E-state index in [9.17, 15) is 14.7 Å². The molecule has 1 aliphatic heterocycles. The van der Waals surface area contributed by atoms with E-state index in [1.807, 2.05) is 13.8 Å². The molecule has 0 amide bonds. The fraction of sp³-hybridized carbons (Fsp3) is 0.800. The van der Waals surface area contributed by atoms with E-state index in [1.165, 1.54) is 0 Å². The Balaban J connectivity index is 2.31. The van der Waals surface area contributed by atoms with E-state index < -0.39 is 23.4 Å². The molecule has 4 atom stereocenters. The van der Waals surface area contributed by atoms with Crippen molar-refractivity contribution in [2.75, 3.05) is 0 Å². The second-order valence-corrected chi connectivity index (χ2v) is 4.71. The summed E-state index contributed by atoms with van der Waals surface area (Å²) < 4.78 is 5.19. The molecule has 0 spiro atoms. The summed E-state index contributed by atoms with van der Waals surface area (Å²) in [6.07, 6.45) is 1.14. The van der Waals surface area contributed by atoms with Crippen molar-refractivity contribution in [3.8, 4) is 0 Å². The Labute approximate surface area is 82.2 Å². The van der Waals surface area contributed by atoms with Crippen molar-refractivity contribution in [1.29, 1.82) is 0 Å². The minimum absolute atomic E-state index is 0.0461. The van der Waals surface area contributed by atoms with E-state index in [-0.39, 0.29) is 11.9 Å². The second-order valence-electron chi connectivity index (χ2n) is 4.71. The predicted octanol–water partition coefficient (Wildman–Crippen LogP) is -0.286. The van der Waals surface area contributed by atoms with E-state index in [4.69, 9.17) is 4.74 Å². The average Bonchev–Trinajstić information content (AvgIpc) is 2.21. The first-order valence-corrected chi connectivity index (χ1v) is 4.87. The van der Waals surface area contributed by atoms with Crippen LogP contribution in [0.3, 0.4) is 0 Å². The van der Waals surface area contributed by atoms with Gasteiger partial charge in [0, 0.05) is 18.3 Å². The zero-order valence-electron chi connectivity index (χ0n) is 8.28. The molecule has 1 saturated carbocycles. The van der Waals surface area contributed by atoms with Gasteiger partial charge in [-0.25, -0.2) is 0 Å². The lowest BCUT2D eigenvalue weighted by molar-refractivity contribution is -0.315. The lowest BCUT2D eigenvalue weighted by Crippen LogP contribution is -2.45. The molecule has 78 valence electrons. The van der Waals surface area contributed by atoms with Crippen molar-refractivity contribution in [2.24, 2.45) is 17.8 Å². The average molecular weight is 197 g/mol. The summed E-state index contributed by atoms with van der Waals surface area (Å²) in [4.78, 5) is 22.3. The molecule has 1 saturated heterocycles. The normalized spacial score (nSPS) is 46.1. The summed E-state index contributed by atoms with van der Waals surface area (Å²) in [5.74, 6) is -2.70. The van der Waals surface area contributed by atoms with Crippen LogP contribution in [-0.4, -0.2) is 17.5 Å². The van der Waals surface area contributed by atoms with Crippen LogP contribution in [0.4, 0.5) is 0 Å². The smallest absolute Gasteiger partial charge is 0.310 e. The topological polar surface area (TPSA) is 66.4 Å². The predicted molar refractivity (Wildman–Crippen MR) is 44.9 cm³/mol. The van der Waals surface area contributed by atoms with Gasteiger partial charge in [0.05, 0.1) is 5.92 Å². The number of rotatable bonds is 1. The van der Waals surface area contributed by atoms with Gasteiger partial charge in [-0.2, -0.15) is 0 Å². The van der Waals surface area contributed by atoms with Gasteiger partial charge in [-0.3, -0.25) is 4.79 Å². The summed E-state index contributed by atoms with van der Waals surface area (Å²) in [7, 11) is 0. The van der Waals surface area contributed by atoms with Gasteiger partial charge in [0.1, 0.15) is 5.60 Å². The maximum absolute atomic E-state index is 11.4. The zero-order chi connectivity index (χ0) is 10.5. The Hall–Kier alpha value is -1.06. The molecule has 0 aromatic rings. The molecule has 1 heterocycles. The van der Waals surface area contributed by atoms with Crippen LogP contribution in [0.1, 0.15) is 26.7 Å². The fourth-order valence-corrected chi connectivity index (χ4v) is 2.91. The molecule has 4 heteroatoms. The molecule has 4 unspecified atom stereocenters. The van der Waals surface area contributed by atoms with E-state index in [1.54, 1.807) is 0 Å². The Kier molecular flexibility index (Phi) is 1.84. The van der Waals surface area contributed by atoms with Gasteiger partial charge in [0.15, 0.2) is 0 Å². The number of esters is 1. The highest BCUT2D eigenvalue weighted by molar-refractivity contribution is 5.83. The summed E-state index contributed by atoms with van der Waals surface area (Å²) in [5.41, 5.74) is -0.437. The maximum Gasteiger partial charge on any atom is 0.310 e. The maximum atomic E-state index is 11.4. The van der Waals surface area contributed by atoms with E-state index >= 15 is 0 Å². The highest BCUT2D eigenvalue weighted by Gasteiger charge is 2.53. The van der Waals surface area contributed by atoms with Gasteiger partial charge < -0.3 is 14.6 Å². The van der Waals surface area contributed by atoms with Crippen LogP contribution in [0.25, 0.3) is 0 Å². The number of aliphatic carboxylic acids is 1. The molecule has 1 aliphatic carbocycles. The standard InChI is InChI=1S/C10H14O4/c1-5-3-10(2)4-6(9(13)14-10)7(5)8(11)12/h5-7H,3-4H2,1-2H3,(H,11,12)/p-1. The number of carbonyl (C=O) groups excluding carboxylic acids is 2. The van der Waals surface area contributed by atoms with Crippen LogP contribution < -0.4 is 5.11 Å². The summed E-state index contributed by atoms with van der Waals surface area (Å²) in [5, 5.41) is 10.9. The van der Waals surface area contributed by atoms with Gasteiger partial charge in [-0.05, 0) is 19.3 Å². The molecule has 2 aliphatic rings. The number of carboxylic acid groups (broad SMARTS) is 1. The van der Waals surface area contributed by atoms with E-state index in [2.05, 4.69) is 0 Å². The van der Waals surface area contributed by atoms with Crippen LogP contribution in [0.2, 0.25) is 0 Å². The van der Waals surface area contributed by atoms with Crippen molar-refractivity contribution < 1.29 is 19.4 Å². The van der Waals surface area contributed by atoms with Crippen molar-refractivity contribution in [3.05, 3.63) is 0 Å². The lowest BCUT2D eigenvalue weighted by Gasteiger charge is -2.36. The summed E-state index contributed by atoms with van der Waals surface area (Å²) >= 11 is 0.